The van der Waals surface area contributed by atoms with Crippen molar-refractivity contribution >= 4 is 17.7 Å². The fraction of sp³-hybridized carbons (Fsp3) is 0.548. The number of rotatable bonds is 11. The molecule has 6 rings (SSSR count). The van der Waals surface area contributed by atoms with E-state index in [1.54, 1.807) is 6.07 Å². The lowest BCUT2D eigenvalue weighted by molar-refractivity contribution is 0.0838. The smallest absolute Gasteiger partial charge is 0.270 e. The predicted octanol–water partition coefficient (Wildman–Crippen LogP) is 3.46. The Hall–Kier alpha value is -3.70. The van der Waals surface area contributed by atoms with E-state index in [0.717, 1.165) is 75.5 Å². The Labute approximate surface area is 246 Å². The summed E-state index contributed by atoms with van der Waals surface area (Å²) >= 11 is 0. The number of nitrogens with zero attached hydrogens (tertiary/aromatic N) is 5. The molecule has 1 saturated carbocycles. The molecule has 3 aliphatic rings. The number of benzene rings is 1. The molecule has 42 heavy (non-hydrogen) atoms. The van der Waals surface area contributed by atoms with Crippen LogP contribution in [0.2, 0.25) is 0 Å². The molecule has 4 heterocycles. The first-order valence-corrected chi connectivity index (χ1v) is 15.2. The van der Waals surface area contributed by atoms with E-state index in [9.17, 15) is 9.90 Å². The van der Waals surface area contributed by atoms with E-state index < -0.39 is 6.10 Å². The summed E-state index contributed by atoms with van der Waals surface area (Å²) in [4.78, 5) is 31.0. The van der Waals surface area contributed by atoms with Gasteiger partial charge in [-0.2, -0.15) is 4.98 Å². The molecule has 2 aliphatic heterocycles. The molecule has 2 fully saturated rings. The molecular weight excluding hydrogens is 534 g/mol. The number of hydrogen-bond donors (Lipinski definition) is 3. The Morgan fingerprint density at radius 3 is 2.74 bits per heavy atom. The number of nitrogens with one attached hydrogen (secondary N) is 2. The number of aliphatic hydroxyl groups is 1. The van der Waals surface area contributed by atoms with Crippen LogP contribution in [0.3, 0.4) is 0 Å². The zero-order chi connectivity index (χ0) is 28.9. The van der Waals surface area contributed by atoms with Crippen LogP contribution in [0.15, 0.2) is 35.1 Å². The standard InChI is InChI=1S/C31H41N7O4/c1-21-28(42-20-33-21)19-41-26-9-8-23-17-37(13-10-22(23)14-26)18-25(39)16-32-30(40)27-15-29(34-24-6-5-7-24)36-31(35-27)38-11-3-2-4-12-38/h8-9,14-15,20,24-25,39H,2-7,10-13,16-19H2,1H3,(H,32,40)(H,34,35,36). The number of carbonyl (C=O) groups is 1. The highest BCUT2D eigenvalue weighted by Crippen LogP contribution is 2.26. The SMILES string of the molecule is Cc1ncoc1COc1ccc2c(c1)CCN(CC(O)CNC(=O)c1cc(NC3CCC3)nc(N3CCCCC3)n1)C2. The molecule has 1 aliphatic carbocycles. The summed E-state index contributed by atoms with van der Waals surface area (Å²) in [6.07, 6.45) is 8.49. The molecule has 2 aromatic heterocycles. The third kappa shape index (κ3) is 7.01. The Kier molecular flexibility index (Phi) is 8.85. The van der Waals surface area contributed by atoms with Crippen LogP contribution in [0.1, 0.15) is 71.6 Å². The van der Waals surface area contributed by atoms with E-state index in [-0.39, 0.29) is 12.5 Å². The number of anilines is 2. The summed E-state index contributed by atoms with van der Waals surface area (Å²) in [6.45, 7) is 6.25. The maximum absolute atomic E-state index is 13.1. The number of oxazole rings is 1. The molecule has 0 spiro atoms. The van der Waals surface area contributed by atoms with Crippen LogP contribution in [0.25, 0.3) is 0 Å². The fourth-order valence-electron chi connectivity index (χ4n) is 5.73. The maximum Gasteiger partial charge on any atom is 0.270 e. The first-order valence-electron chi connectivity index (χ1n) is 15.2. The van der Waals surface area contributed by atoms with Crippen molar-refractivity contribution in [1.82, 2.24) is 25.2 Å². The van der Waals surface area contributed by atoms with Gasteiger partial charge in [0.25, 0.3) is 5.91 Å². The molecular formula is C31H41N7O4. The molecule has 1 amide bonds. The van der Waals surface area contributed by atoms with Crippen LogP contribution in [0, 0.1) is 6.92 Å². The summed E-state index contributed by atoms with van der Waals surface area (Å²) in [5.41, 5.74) is 3.64. The second-order valence-corrected chi connectivity index (χ2v) is 11.7. The van der Waals surface area contributed by atoms with Gasteiger partial charge >= 0.3 is 0 Å². The molecule has 0 radical (unpaired) electrons. The van der Waals surface area contributed by atoms with Crippen molar-refractivity contribution in [3.8, 4) is 5.75 Å². The normalized spacial score (nSPS) is 18.2. The summed E-state index contributed by atoms with van der Waals surface area (Å²) < 4.78 is 11.3. The van der Waals surface area contributed by atoms with Crippen molar-refractivity contribution in [1.29, 1.82) is 0 Å². The molecule has 0 bridgehead atoms. The van der Waals surface area contributed by atoms with Crippen LogP contribution in [-0.4, -0.2) is 75.7 Å². The van der Waals surface area contributed by atoms with E-state index in [2.05, 4.69) is 42.5 Å². The van der Waals surface area contributed by atoms with Crippen LogP contribution in [0.5, 0.6) is 5.75 Å². The van der Waals surface area contributed by atoms with Crippen molar-refractivity contribution in [3.63, 3.8) is 0 Å². The van der Waals surface area contributed by atoms with Gasteiger partial charge in [0.2, 0.25) is 5.95 Å². The third-order valence-corrected chi connectivity index (χ3v) is 8.49. The number of fused-ring (bicyclic) bond motifs is 1. The molecule has 224 valence electrons. The second-order valence-electron chi connectivity index (χ2n) is 11.7. The highest BCUT2D eigenvalue weighted by Gasteiger charge is 2.23. The van der Waals surface area contributed by atoms with Crippen LogP contribution < -0.4 is 20.3 Å². The molecule has 11 heteroatoms. The monoisotopic (exact) mass is 575 g/mol. The Balaban J connectivity index is 1.01. The van der Waals surface area contributed by atoms with Gasteiger partial charge in [-0.1, -0.05) is 6.07 Å². The lowest BCUT2D eigenvalue weighted by Gasteiger charge is -2.30. The van der Waals surface area contributed by atoms with E-state index >= 15 is 0 Å². The van der Waals surface area contributed by atoms with Gasteiger partial charge in [-0.05, 0) is 75.1 Å². The average molecular weight is 576 g/mol. The number of aliphatic hydroxyl groups excluding tert-OH is 1. The Morgan fingerprint density at radius 2 is 1.98 bits per heavy atom. The Bertz CT molecular complexity index is 1370. The number of ether oxygens (including phenoxy) is 1. The van der Waals surface area contributed by atoms with Gasteiger partial charge < -0.3 is 29.8 Å². The van der Waals surface area contributed by atoms with Gasteiger partial charge in [-0.25, -0.2) is 9.97 Å². The van der Waals surface area contributed by atoms with Gasteiger partial charge in [0.15, 0.2) is 12.2 Å². The highest BCUT2D eigenvalue weighted by atomic mass is 16.5. The minimum atomic E-state index is -0.695. The van der Waals surface area contributed by atoms with Crippen LogP contribution in [0.4, 0.5) is 11.8 Å². The zero-order valence-corrected chi connectivity index (χ0v) is 24.3. The molecule has 11 nitrogen and oxygen atoms in total. The van der Waals surface area contributed by atoms with E-state index in [0.29, 0.717) is 36.7 Å². The van der Waals surface area contributed by atoms with Crippen molar-refractivity contribution in [3.05, 3.63) is 58.9 Å². The molecule has 1 unspecified atom stereocenters. The van der Waals surface area contributed by atoms with E-state index in [4.69, 9.17) is 14.1 Å². The van der Waals surface area contributed by atoms with Gasteiger partial charge in [-0.15, -0.1) is 0 Å². The van der Waals surface area contributed by atoms with Gasteiger partial charge in [0, 0.05) is 51.4 Å². The van der Waals surface area contributed by atoms with E-state index in [1.165, 1.54) is 30.4 Å². The molecule has 1 saturated heterocycles. The summed E-state index contributed by atoms with van der Waals surface area (Å²) in [5, 5.41) is 17.2. The number of β-amino-alcohol motifs (C(OH)–C–C–N with tert-alkyl or cyclic N) is 1. The third-order valence-electron chi connectivity index (χ3n) is 8.49. The minimum Gasteiger partial charge on any atom is -0.486 e. The fourth-order valence-corrected chi connectivity index (χ4v) is 5.73. The topological polar surface area (TPSA) is 129 Å². The molecule has 3 aromatic rings. The summed E-state index contributed by atoms with van der Waals surface area (Å²) in [6, 6.07) is 8.29. The molecule has 3 N–H and O–H groups in total. The first kappa shape index (κ1) is 28.4. The van der Waals surface area contributed by atoms with Crippen molar-refractivity contribution in [2.75, 3.05) is 42.9 Å². The van der Waals surface area contributed by atoms with Gasteiger partial charge in [0.1, 0.15) is 23.9 Å². The number of carbonyl (C=O) groups excluding carboxylic acids is 1. The van der Waals surface area contributed by atoms with Crippen LogP contribution in [-0.2, 0) is 19.6 Å². The van der Waals surface area contributed by atoms with Crippen molar-refractivity contribution in [2.24, 2.45) is 0 Å². The number of amides is 1. The summed E-state index contributed by atoms with van der Waals surface area (Å²) in [7, 11) is 0. The first-order chi connectivity index (χ1) is 20.5. The highest BCUT2D eigenvalue weighted by molar-refractivity contribution is 5.93. The van der Waals surface area contributed by atoms with Gasteiger partial charge in [0.05, 0.1) is 11.8 Å². The molecule has 1 aromatic carbocycles. The second kappa shape index (κ2) is 13.1. The van der Waals surface area contributed by atoms with E-state index in [1.807, 2.05) is 13.0 Å². The number of hydrogen-bond acceptors (Lipinski definition) is 10. The minimum absolute atomic E-state index is 0.157. The quantitative estimate of drug-likeness (QED) is 0.313. The van der Waals surface area contributed by atoms with Crippen molar-refractivity contribution < 1.29 is 19.1 Å². The molecule has 1 atom stereocenters. The predicted molar refractivity (Wildman–Crippen MR) is 159 cm³/mol. The van der Waals surface area contributed by atoms with Crippen LogP contribution >= 0.6 is 0 Å². The average Bonchev–Trinajstić information content (AvgIpc) is 3.41. The largest absolute Gasteiger partial charge is 0.486 e. The maximum atomic E-state index is 13.1. The Morgan fingerprint density at radius 1 is 1.12 bits per heavy atom. The zero-order valence-electron chi connectivity index (χ0n) is 24.3. The number of aryl methyl sites for hydroxylation is 1. The lowest BCUT2D eigenvalue weighted by Crippen LogP contribution is -2.42. The number of piperidine rings is 1. The number of aromatic nitrogens is 3. The summed E-state index contributed by atoms with van der Waals surface area (Å²) in [5.74, 6) is 2.56. The van der Waals surface area contributed by atoms with Crippen molar-refractivity contribution in [2.45, 2.75) is 77.2 Å². The lowest BCUT2D eigenvalue weighted by atomic mass is 9.93. The van der Waals surface area contributed by atoms with Gasteiger partial charge in [-0.3, -0.25) is 9.69 Å².